The molecule has 112 valence electrons. The zero-order valence-corrected chi connectivity index (χ0v) is 12.7. The van der Waals surface area contributed by atoms with Gasteiger partial charge in [0, 0.05) is 6.54 Å². The molecule has 0 aromatic carbocycles. The Morgan fingerprint density at radius 2 is 2.00 bits per heavy atom. The Bertz CT molecular complexity index is 274. The van der Waals surface area contributed by atoms with Crippen LogP contribution in [0.3, 0.4) is 0 Å². The van der Waals surface area contributed by atoms with Crippen LogP contribution in [0.4, 0.5) is 4.79 Å². The highest BCUT2D eigenvalue weighted by atomic mass is 16.6. The molecule has 0 bridgehead atoms. The fraction of sp³-hybridized carbons (Fsp3) is 0.933. The van der Waals surface area contributed by atoms with E-state index in [0.29, 0.717) is 5.92 Å². The number of carbonyl (C=O) groups excluding carboxylic acids is 1. The third kappa shape index (κ3) is 7.41. The molecule has 19 heavy (non-hydrogen) atoms. The van der Waals surface area contributed by atoms with Crippen LogP contribution in [-0.4, -0.2) is 24.8 Å². The highest BCUT2D eigenvalue weighted by Gasteiger charge is 2.23. The molecule has 1 saturated carbocycles. The van der Waals surface area contributed by atoms with Crippen LogP contribution in [0.5, 0.6) is 0 Å². The summed E-state index contributed by atoms with van der Waals surface area (Å²) in [4.78, 5) is 11.6. The van der Waals surface area contributed by atoms with Crippen LogP contribution >= 0.6 is 0 Å². The lowest BCUT2D eigenvalue weighted by molar-refractivity contribution is 0.0511. The molecule has 0 aromatic heterocycles. The van der Waals surface area contributed by atoms with Crippen molar-refractivity contribution in [1.29, 1.82) is 0 Å². The molecule has 2 atom stereocenters. The second kappa shape index (κ2) is 7.73. The normalized spacial score (nSPS) is 24.0. The van der Waals surface area contributed by atoms with Crippen molar-refractivity contribution in [2.45, 2.75) is 64.9 Å². The van der Waals surface area contributed by atoms with Gasteiger partial charge in [0.25, 0.3) is 0 Å². The van der Waals surface area contributed by atoms with Crippen molar-refractivity contribution < 1.29 is 9.53 Å². The van der Waals surface area contributed by atoms with Gasteiger partial charge in [0.1, 0.15) is 5.60 Å². The van der Waals surface area contributed by atoms with E-state index in [-0.39, 0.29) is 6.09 Å². The number of ether oxygens (including phenoxy) is 1. The van der Waals surface area contributed by atoms with Crippen LogP contribution < -0.4 is 11.1 Å². The van der Waals surface area contributed by atoms with Gasteiger partial charge in [-0.05, 0) is 64.8 Å². The minimum atomic E-state index is -0.416. The summed E-state index contributed by atoms with van der Waals surface area (Å²) in [5, 5.41) is 2.90. The fourth-order valence-electron chi connectivity index (χ4n) is 2.80. The van der Waals surface area contributed by atoms with Crippen LogP contribution in [0, 0.1) is 11.8 Å². The van der Waals surface area contributed by atoms with E-state index in [2.05, 4.69) is 5.32 Å². The van der Waals surface area contributed by atoms with Gasteiger partial charge in [0.05, 0.1) is 0 Å². The summed E-state index contributed by atoms with van der Waals surface area (Å²) < 4.78 is 5.25. The van der Waals surface area contributed by atoms with Crippen molar-refractivity contribution in [3.8, 4) is 0 Å². The molecule has 0 radical (unpaired) electrons. The predicted molar refractivity (Wildman–Crippen MR) is 78.0 cm³/mol. The van der Waals surface area contributed by atoms with Crippen molar-refractivity contribution >= 4 is 6.09 Å². The Morgan fingerprint density at radius 1 is 1.32 bits per heavy atom. The predicted octanol–water partition coefficient (Wildman–Crippen LogP) is 3.06. The summed E-state index contributed by atoms with van der Waals surface area (Å²) in [6.07, 6.45) is 7.09. The van der Waals surface area contributed by atoms with Gasteiger partial charge in [0.2, 0.25) is 0 Å². The van der Waals surface area contributed by atoms with Crippen LogP contribution in [0.1, 0.15) is 59.3 Å². The third-order valence-corrected chi connectivity index (χ3v) is 3.64. The second-order valence-electron chi connectivity index (χ2n) is 6.71. The summed E-state index contributed by atoms with van der Waals surface area (Å²) in [5.74, 6) is 1.40. The lowest BCUT2D eigenvalue weighted by Crippen LogP contribution is -2.36. The molecule has 1 fully saturated rings. The van der Waals surface area contributed by atoms with E-state index < -0.39 is 5.60 Å². The maximum Gasteiger partial charge on any atom is 0.407 e. The van der Waals surface area contributed by atoms with E-state index >= 15 is 0 Å². The molecule has 3 N–H and O–H groups in total. The third-order valence-electron chi connectivity index (χ3n) is 3.64. The lowest BCUT2D eigenvalue weighted by atomic mass is 9.79. The topological polar surface area (TPSA) is 64.3 Å². The first-order valence-electron chi connectivity index (χ1n) is 7.57. The lowest BCUT2D eigenvalue weighted by Gasteiger charge is -2.29. The van der Waals surface area contributed by atoms with Gasteiger partial charge in [0.15, 0.2) is 0 Å². The van der Waals surface area contributed by atoms with E-state index in [0.717, 1.165) is 25.4 Å². The summed E-state index contributed by atoms with van der Waals surface area (Å²) in [5.41, 5.74) is 5.15. The standard InChI is InChI=1S/C15H30N2O2/c1-15(2,3)19-14(18)17-11-13-7-4-6-12(10-13)8-5-9-16/h12-13H,4-11,16H2,1-3H3,(H,17,18). The van der Waals surface area contributed by atoms with Crippen molar-refractivity contribution in [3.05, 3.63) is 0 Å². The quantitative estimate of drug-likeness (QED) is 0.807. The molecule has 0 aromatic rings. The first-order chi connectivity index (χ1) is 8.90. The first-order valence-corrected chi connectivity index (χ1v) is 7.57. The van der Waals surface area contributed by atoms with Crippen molar-refractivity contribution in [1.82, 2.24) is 5.32 Å². The van der Waals surface area contributed by atoms with Gasteiger partial charge in [-0.1, -0.05) is 12.8 Å². The first kappa shape index (κ1) is 16.3. The van der Waals surface area contributed by atoms with E-state index in [1.165, 1.54) is 32.1 Å². The molecule has 0 aliphatic heterocycles. The minimum absolute atomic E-state index is 0.295. The SMILES string of the molecule is CC(C)(C)OC(=O)NCC1CCCC(CCCN)C1. The molecule has 1 amide bonds. The molecule has 4 heteroatoms. The van der Waals surface area contributed by atoms with Gasteiger partial charge in [-0.2, -0.15) is 0 Å². The summed E-state index contributed by atoms with van der Waals surface area (Å²) in [6.45, 7) is 7.19. The second-order valence-corrected chi connectivity index (χ2v) is 6.71. The molecule has 4 nitrogen and oxygen atoms in total. The number of nitrogens with two attached hydrogens (primary N) is 1. The fourth-order valence-corrected chi connectivity index (χ4v) is 2.80. The molecular formula is C15H30N2O2. The number of hydrogen-bond donors (Lipinski definition) is 2. The zero-order valence-electron chi connectivity index (χ0n) is 12.7. The Kier molecular flexibility index (Phi) is 6.63. The van der Waals surface area contributed by atoms with Gasteiger partial charge >= 0.3 is 6.09 Å². The van der Waals surface area contributed by atoms with Gasteiger partial charge < -0.3 is 15.8 Å². The highest BCUT2D eigenvalue weighted by Crippen LogP contribution is 2.31. The Morgan fingerprint density at radius 3 is 2.63 bits per heavy atom. The summed E-state index contributed by atoms with van der Waals surface area (Å²) in [7, 11) is 0. The summed E-state index contributed by atoms with van der Waals surface area (Å²) in [6, 6.07) is 0. The number of hydrogen-bond acceptors (Lipinski definition) is 3. The van der Waals surface area contributed by atoms with Crippen molar-refractivity contribution in [2.24, 2.45) is 17.6 Å². The van der Waals surface area contributed by atoms with E-state index in [1.807, 2.05) is 20.8 Å². The van der Waals surface area contributed by atoms with Crippen LogP contribution in [0.25, 0.3) is 0 Å². The van der Waals surface area contributed by atoms with Crippen molar-refractivity contribution in [2.75, 3.05) is 13.1 Å². The van der Waals surface area contributed by atoms with Crippen LogP contribution in [0.15, 0.2) is 0 Å². The molecule has 0 saturated heterocycles. The molecule has 1 rings (SSSR count). The Balaban J connectivity index is 2.23. The average Bonchev–Trinajstić information content (AvgIpc) is 2.32. The molecular weight excluding hydrogens is 240 g/mol. The average molecular weight is 270 g/mol. The number of nitrogens with one attached hydrogen (secondary N) is 1. The molecule has 1 aliphatic rings. The largest absolute Gasteiger partial charge is 0.444 e. The number of alkyl carbamates (subject to hydrolysis) is 1. The zero-order chi connectivity index (χ0) is 14.3. The van der Waals surface area contributed by atoms with Crippen LogP contribution in [0.2, 0.25) is 0 Å². The Hall–Kier alpha value is -0.770. The Labute approximate surface area is 117 Å². The van der Waals surface area contributed by atoms with E-state index in [4.69, 9.17) is 10.5 Å². The van der Waals surface area contributed by atoms with Crippen molar-refractivity contribution in [3.63, 3.8) is 0 Å². The monoisotopic (exact) mass is 270 g/mol. The highest BCUT2D eigenvalue weighted by molar-refractivity contribution is 5.67. The molecule has 1 aliphatic carbocycles. The molecule has 0 spiro atoms. The maximum atomic E-state index is 11.6. The summed E-state index contributed by atoms with van der Waals surface area (Å²) >= 11 is 0. The van der Waals surface area contributed by atoms with Gasteiger partial charge in [-0.25, -0.2) is 4.79 Å². The number of rotatable bonds is 5. The smallest absolute Gasteiger partial charge is 0.407 e. The van der Waals surface area contributed by atoms with Gasteiger partial charge in [-0.3, -0.25) is 0 Å². The molecule has 2 unspecified atom stereocenters. The number of amides is 1. The van der Waals surface area contributed by atoms with Crippen LogP contribution in [-0.2, 0) is 4.74 Å². The number of carbonyl (C=O) groups is 1. The minimum Gasteiger partial charge on any atom is -0.444 e. The van der Waals surface area contributed by atoms with E-state index in [9.17, 15) is 4.79 Å². The van der Waals surface area contributed by atoms with Gasteiger partial charge in [-0.15, -0.1) is 0 Å². The maximum absolute atomic E-state index is 11.6. The molecule has 0 heterocycles. The van der Waals surface area contributed by atoms with E-state index in [1.54, 1.807) is 0 Å².